The average Bonchev–Trinajstić information content (AvgIpc) is 3.23. The number of hydrazone groups is 1. The highest BCUT2D eigenvalue weighted by atomic mass is 16.6. The Morgan fingerprint density at radius 3 is 2.13 bits per heavy atom. The Balaban J connectivity index is 1.62. The van der Waals surface area contributed by atoms with Crippen molar-refractivity contribution in [3.05, 3.63) is 79.9 Å². The van der Waals surface area contributed by atoms with Gasteiger partial charge in [0.25, 0.3) is 23.2 Å². The molecule has 1 heterocycles. The summed E-state index contributed by atoms with van der Waals surface area (Å²) in [5.41, 5.74) is 3.03. The number of amides is 2. The minimum absolute atomic E-state index is 0.0532. The Kier molecular flexibility index (Phi) is 6.11. The van der Waals surface area contributed by atoms with Gasteiger partial charge in [-0.25, -0.2) is 5.43 Å². The molecular formula is C19H17N5O6. The second-order valence-electron chi connectivity index (χ2n) is 6.54. The zero-order chi connectivity index (χ0) is 21.7. The molecule has 1 unspecified atom stereocenters. The Morgan fingerprint density at radius 1 is 1.00 bits per heavy atom. The van der Waals surface area contributed by atoms with Crippen molar-refractivity contribution in [2.24, 2.45) is 5.10 Å². The largest absolute Gasteiger partial charge is 0.327 e. The number of rotatable bonds is 6. The molecule has 11 heteroatoms. The lowest BCUT2D eigenvalue weighted by atomic mass is 10.1. The molecule has 30 heavy (non-hydrogen) atoms. The molecule has 0 saturated carbocycles. The van der Waals surface area contributed by atoms with Crippen LogP contribution in [-0.2, 0) is 4.79 Å². The molecule has 0 aliphatic carbocycles. The van der Waals surface area contributed by atoms with Crippen molar-refractivity contribution in [1.82, 2.24) is 10.3 Å². The summed E-state index contributed by atoms with van der Waals surface area (Å²) in [7, 11) is 0. The third kappa shape index (κ3) is 4.63. The summed E-state index contributed by atoms with van der Waals surface area (Å²) in [4.78, 5) is 46.9. The van der Waals surface area contributed by atoms with E-state index in [1.807, 2.05) is 0 Å². The lowest BCUT2D eigenvalue weighted by Crippen LogP contribution is -2.44. The first-order valence-electron chi connectivity index (χ1n) is 8.99. The molecule has 2 aromatic rings. The number of carbonyl (C=O) groups is 2. The second-order valence-corrected chi connectivity index (χ2v) is 6.54. The molecule has 11 nitrogen and oxygen atoms in total. The van der Waals surface area contributed by atoms with E-state index >= 15 is 0 Å². The van der Waals surface area contributed by atoms with E-state index in [1.54, 1.807) is 0 Å². The first-order chi connectivity index (χ1) is 14.4. The fraction of sp³-hybridized carbons (Fsp3) is 0.211. The predicted octanol–water partition coefficient (Wildman–Crippen LogP) is 2.26. The number of nitrogens with zero attached hydrogens (tertiary/aromatic N) is 4. The van der Waals surface area contributed by atoms with Gasteiger partial charge in [0.2, 0.25) is 0 Å². The van der Waals surface area contributed by atoms with E-state index in [-0.39, 0.29) is 22.8 Å². The number of non-ortho nitro benzene ring substituents is 2. The zero-order valence-corrected chi connectivity index (χ0v) is 15.6. The summed E-state index contributed by atoms with van der Waals surface area (Å²) in [6, 6.07) is 10.1. The lowest BCUT2D eigenvalue weighted by molar-refractivity contribution is -0.385. The molecule has 0 bridgehead atoms. The molecule has 1 saturated heterocycles. The van der Waals surface area contributed by atoms with E-state index in [2.05, 4.69) is 10.5 Å². The van der Waals surface area contributed by atoms with Crippen LogP contribution in [-0.4, -0.2) is 45.4 Å². The van der Waals surface area contributed by atoms with Crippen molar-refractivity contribution in [2.45, 2.75) is 18.9 Å². The van der Waals surface area contributed by atoms with Gasteiger partial charge in [0.15, 0.2) is 0 Å². The normalized spacial score (nSPS) is 15.9. The number of hydrogen-bond acceptors (Lipinski definition) is 7. The van der Waals surface area contributed by atoms with Crippen molar-refractivity contribution in [1.29, 1.82) is 0 Å². The van der Waals surface area contributed by atoms with Gasteiger partial charge < -0.3 is 4.90 Å². The van der Waals surface area contributed by atoms with Crippen LogP contribution in [0.5, 0.6) is 0 Å². The summed E-state index contributed by atoms with van der Waals surface area (Å²) in [6.07, 6.45) is 2.46. The Hall–Kier alpha value is -4.15. The van der Waals surface area contributed by atoms with Crippen LogP contribution in [0.2, 0.25) is 0 Å². The highest BCUT2D eigenvalue weighted by Crippen LogP contribution is 2.21. The van der Waals surface area contributed by atoms with Gasteiger partial charge in [-0.1, -0.05) is 0 Å². The van der Waals surface area contributed by atoms with Gasteiger partial charge in [-0.05, 0) is 42.7 Å². The van der Waals surface area contributed by atoms with Crippen LogP contribution >= 0.6 is 0 Å². The summed E-state index contributed by atoms with van der Waals surface area (Å²) < 4.78 is 0. The molecule has 0 aromatic heterocycles. The van der Waals surface area contributed by atoms with Crippen molar-refractivity contribution in [3.63, 3.8) is 0 Å². The molecule has 1 N–H and O–H groups in total. The molecule has 154 valence electrons. The number of nitro groups is 2. The van der Waals surface area contributed by atoms with E-state index in [0.717, 1.165) is 0 Å². The Bertz CT molecular complexity index is 1000. The van der Waals surface area contributed by atoms with Crippen molar-refractivity contribution < 1.29 is 19.4 Å². The highest BCUT2D eigenvalue weighted by Gasteiger charge is 2.34. The number of hydrogen-bond donors (Lipinski definition) is 1. The fourth-order valence-corrected chi connectivity index (χ4v) is 3.10. The van der Waals surface area contributed by atoms with E-state index in [0.29, 0.717) is 24.9 Å². The van der Waals surface area contributed by atoms with Crippen LogP contribution in [0.4, 0.5) is 11.4 Å². The van der Waals surface area contributed by atoms with Gasteiger partial charge in [0, 0.05) is 36.4 Å². The maximum atomic E-state index is 12.7. The van der Waals surface area contributed by atoms with Gasteiger partial charge >= 0.3 is 0 Å². The third-order valence-corrected chi connectivity index (χ3v) is 4.63. The third-order valence-electron chi connectivity index (χ3n) is 4.63. The maximum Gasteiger partial charge on any atom is 0.269 e. The van der Waals surface area contributed by atoms with Crippen LogP contribution in [0.15, 0.2) is 53.6 Å². The minimum Gasteiger partial charge on any atom is -0.327 e. The van der Waals surface area contributed by atoms with Gasteiger partial charge in [-0.3, -0.25) is 29.8 Å². The Morgan fingerprint density at radius 2 is 1.57 bits per heavy atom. The van der Waals surface area contributed by atoms with Crippen LogP contribution < -0.4 is 5.43 Å². The quantitative estimate of drug-likeness (QED) is 0.438. The van der Waals surface area contributed by atoms with Crippen LogP contribution in [0.1, 0.15) is 28.8 Å². The second kappa shape index (κ2) is 8.90. The van der Waals surface area contributed by atoms with Crippen LogP contribution in [0, 0.1) is 20.2 Å². The first-order valence-corrected chi connectivity index (χ1v) is 8.99. The fourth-order valence-electron chi connectivity index (χ4n) is 3.10. The Labute approximate surface area is 170 Å². The van der Waals surface area contributed by atoms with Gasteiger partial charge in [0.05, 0.1) is 16.1 Å². The molecule has 2 amide bonds. The van der Waals surface area contributed by atoms with Crippen molar-refractivity contribution >= 4 is 29.4 Å². The lowest BCUT2D eigenvalue weighted by Gasteiger charge is -2.23. The SMILES string of the molecule is O=C(NN=Cc1ccc([N+](=O)[O-])cc1)C1CCCN1C(=O)c1ccc([N+](=O)[O-])cc1. The standard InChI is InChI=1S/C19H17N5O6/c25-18(21-20-12-13-3-7-15(8-4-13)23(27)28)17-2-1-11-22(17)19(26)14-5-9-16(10-6-14)24(29)30/h3-10,12,17H,1-2,11H2,(H,21,25). The maximum absolute atomic E-state index is 12.7. The number of benzene rings is 2. The molecule has 1 aliphatic heterocycles. The number of carbonyl (C=O) groups excluding carboxylic acids is 2. The van der Waals surface area contributed by atoms with Crippen molar-refractivity contribution in [3.8, 4) is 0 Å². The average molecular weight is 411 g/mol. The summed E-state index contributed by atoms with van der Waals surface area (Å²) in [5.74, 6) is -0.845. The molecule has 3 rings (SSSR count). The summed E-state index contributed by atoms with van der Waals surface area (Å²) >= 11 is 0. The summed E-state index contributed by atoms with van der Waals surface area (Å²) in [5, 5.41) is 25.2. The van der Waals surface area contributed by atoms with Gasteiger partial charge in [0.1, 0.15) is 6.04 Å². The number of likely N-dealkylation sites (tertiary alicyclic amines) is 1. The first kappa shape index (κ1) is 20.6. The molecule has 0 radical (unpaired) electrons. The zero-order valence-electron chi connectivity index (χ0n) is 15.6. The molecule has 1 aliphatic rings. The molecular weight excluding hydrogens is 394 g/mol. The number of nitro benzene ring substituents is 2. The minimum atomic E-state index is -0.707. The number of nitrogens with one attached hydrogen (secondary N) is 1. The van der Waals surface area contributed by atoms with E-state index in [4.69, 9.17) is 0 Å². The van der Waals surface area contributed by atoms with Gasteiger partial charge in [-0.2, -0.15) is 5.10 Å². The molecule has 1 atom stereocenters. The van der Waals surface area contributed by atoms with Crippen LogP contribution in [0.25, 0.3) is 0 Å². The predicted molar refractivity (Wildman–Crippen MR) is 106 cm³/mol. The summed E-state index contributed by atoms with van der Waals surface area (Å²) in [6.45, 7) is 0.389. The van der Waals surface area contributed by atoms with Crippen molar-refractivity contribution in [2.75, 3.05) is 6.54 Å². The smallest absolute Gasteiger partial charge is 0.269 e. The topological polar surface area (TPSA) is 148 Å². The van der Waals surface area contributed by atoms with E-state index < -0.39 is 21.8 Å². The molecule has 2 aromatic carbocycles. The van der Waals surface area contributed by atoms with Gasteiger partial charge in [-0.15, -0.1) is 0 Å². The highest BCUT2D eigenvalue weighted by molar-refractivity contribution is 5.98. The monoisotopic (exact) mass is 411 g/mol. The molecule has 1 fully saturated rings. The van der Waals surface area contributed by atoms with E-state index in [1.165, 1.54) is 59.6 Å². The molecule has 0 spiro atoms. The van der Waals surface area contributed by atoms with E-state index in [9.17, 15) is 29.8 Å². The van der Waals surface area contributed by atoms with Crippen LogP contribution in [0.3, 0.4) is 0 Å².